The average Bonchev–Trinajstić information content (AvgIpc) is 2.46. The van der Waals surface area contributed by atoms with Crippen LogP contribution in [0.25, 0.3) is 0 Å². The molecule has 19 heavy (non-hydrogen) atoms. The minimum absolute atomic E-state index is 0.0656. The van der Waals surface area contributed by atoms with Gasteiger partial charge in [0.05, 0.1) is 5.69 Å². The van der Waals surface area contributed by atoms with E-state index in [0.29, 0.717) is 12.2 Å². The van der Waals surface area contributed by atoms with Crippen molar-refractivity contribution in [1.29, 1.82) is 0 Å². The Kier molecular flexibility index (Phi) is 4.20. The summed E-state index contributed by atoms with van der Waals surface area (Å²) in [6.07, 6.45) is 3.49. The van der Waals surface area contributed by atoms with E-state index in [-0.39, 0.29) is 11.7 Å². The summed E-state index contributed by atoms with van der Waals surface area (Å²) < 4.78 is 0. The molecule has 2 heterocycles. The van der Waals surface area contributed by atoms with Crippen LogP contribution in [-0.4, -0.2) is 21.0 Å². The molecule has 0 saturated carbocycles. The number of carboxylic acids is 1. The van der Waals surface area contributed by atoms with Gasteiger partial charge in [-0.25, -0.2) is 9.78 Å². The lowest BCUT2D eigenvalue weighted by Crippen LogP contribution is -2.19. The molecule has 2 aromatic heterocycles. The van der Waals surface area contributed by atoms with Crippen molar-refractivity contribution in [2.24, 2.45) is 0 Å². The highest BCUT2D eigenvalue weighted by atomic mass is 16.4. The number of carbonyl (C=O) groups is 1. The molecule has 2 aromatic rings. The minimum atomic E-state index is -1.01. The maximum Gasteiger partial charge on any atom is 0.354 e. The Bertz CT molecular complexity index is 558. The highest BCUT2D eigenvalue weighted by Gasteiger charge is 2.07. The zero-order chi connectivity index (χ0) is 13.7. The highest BCUT2D eigenvalue weighted by molar-refractivity contribution is 5.85. The van der Waals surface area contributed by atoms with Crippen LogP contribution in [0.15, 0.2) is 42.7 Å². The second-order valence-corrected chi connectivity index (χ2v) is 4.20. The SMILES string of the molecule is C[C@@H](NCc1cccc(C(=O)O)n1)c1ccncc1. The molecular formula is C14H15N3O2. The van der Waals surface area contributed by atoms with E-state index in [1.165, 1.54) is 6.07 Å². The number of hydrogen-bond acceptors (Lipinski definition) is 4. The van der Waals surface area contributed by atoms with Crippen LogP contribution in [0, 0.1) is 0 Å². The van der Waals surface area contributed by atoms with Gasteiger partial charge < -0.3 is 10.4 Å². The van der Waals surface area contributed by atoms with E-state index >= 15 is 0 Å². The normalized spacial score (nSPS) is 12.1. The van der Waals surface area contributed by atoms with Crippen molar-refractivity contribution >= 4 is 5.97 Å². The standard InChI is InChI=1S/C14H15N3O2/c1-10(11-5-7-15-8-6-11)16-9-12-3-2-4-13(17-12)14(18)19/h2-8,10,16H,9H2,1H3,(H,18,19)/t10-/m1/s1. The van der Waals surface area contributed by atoms with Gasteiger partial charge >= 0.3 is 5.97 Å². The molecule has 0 amide bonds. The molecule has 2 rings (SSSR count). The molecule has 5 nitrogen and oxygen atoms in total. The van der Waals surface area contributed by atoms with Crippen molar-refractivity contribution in [1.82, 2.24) is 15.3 Å². The van der Waals surface area contributed by atoms with Crippen LogP contribution in [0.2, 0.25) is 0 Å². The minimum Gasteiger partial charge on any atom is -0.477 e. The van der Waals surface area contributed by atoms with E-state index < -0.39 is 5.97 Å². The second kappa shape index (κ2) is 6.06. The van der Waals surface area contributed by atoms with Crippen molar-refractivity contribution in [3.05, 3.63) is 59.7 Å². The molecule has 0 aliphatic carbocycles. The first-order valence-corrected chi connectivity index (χ1v) is 5.99. The van der Waals surface area contributed by atoms with Gasteiger partial charge in [-0.3, -0.25) is 4.98 Å². The first-order valence-electron chi connectivity index (χ1n) is 5.99. The van der Waals surface area contributed by atoms with Gasteiger partial charge in [-0.15, -0.1) is 0 Å². The lowest BCUT2D eigenvalue weighted by Gasteiger charge is -2.13. The first-order chi connectivity index (χ1) is 9.16. The molecule has 1 atom stereocenters. The predicted octanol–water partition coefficient (Wildman–Crippen LogP) is 2.03. The van der Waals surface area contributed by atoms with Gasteiger partial charge in [0.25, 0.3) is 0 Å². The number of hydrogen-bond donors (Lipinski definition) is 2. The van der Waals surface area contributed by atoms with Gasteiger partial charge in [-0.05, 0) is 36.8 Å². The molecule has 98 valence electrons. The van der Waals surface area contributed by atoms with E-state index in [0.717, 1.165) is 5.56 Å². The summed E-state index contributed by atoms with van der Waals surface area (Å²) in [6, 6.07) is 9.03. The Labute approximate surface area is 111 Å². The third-order valence-electron chi connectivity index (χ3n) is 2.82. The molecule has 0 aliphatic heterocycles. The summed E-state index contributed by atoms with van der Waals surface area (Å²) >= 11 is 0. The van der Waals surface area contributed by atoms with Crippen LogP contribution in [-0.2, 0) is 6.54 Å². The maximum atomic E-state index is 10.8. The van der Waals surface area contributed by atoms with Crippen LogP contribution in [0.1, 0.15) is 34.7 Å². The third kappa shape index (κ3) is 3.59. The van der Waals surface area contributed by atoms with E-state index in [1.54, 1.807) is 24.5 Å². The monoisotopic (exact) mass is 257 g/mol. The van der Waals surface area contributed by atoms with E-state index in [2.05, 4.69) is 15.3 Å². The Balaban J connectivity index is 1.99. The Morgan fingerprint density at radius 1 is 1.32 bits per heavy atom. The van der Waals surface area contributed by atoms with Crippen LogP contribution >= 0.6 is 0 Å². The lowest BCUT2D eigenvalue weighted by molar-refractivity contribution is 0.0690. The summed E-state index contributed by atoms with van der Waals surface area (Å²) in [4.78, 5) is 18.9. The predicted molar refractivity (Wildman–Crippen MR) is 70.7 cm³/mol. The molecule has 5 heteroatoms. The largest absolute Gasteiger partial charge is 0.477 e. The number of nitrogens with one attached hydrogen (secondary N) is 1. The lowest BCUT2D eigenvalue weighted by atomic mass is 10.1. The number of pyridine rings is 2. The van der Waals surface area contributed by atoms with Gasteiger partial charge in [0.2, 0.25) is 0 Å². The van der Waals surface area contributed by atoms with E-state index in [4.69, 9.17) is 5.11 Å². The Morgan fingerprint density at radius 2 is 2.05 bits per heavy atom. The van der Waals surface area contributed by atoms with Gasteiger partial charge in [-0.1, -0.05) is 6.07 Å². The molecular weight excluding hydrogens is 242 g/mol. The van der Waals surface area contributed by atoms with Gasteiger partial charge in [0.15, 0.2) is 0 Å². The third-order valence-corrected chi connectivity index (χ3v) is 2.82. The fourth-order valence-electron chi connectivity index (χ4n) is 1.72. The topological polar surface area (TPSA) is 75.1 Å². The Morgan fingerprint density at radius 3 is 2.74 bits per heavy atom. The van der Waals surface area contributed by atoms with Crippen LogP contribution in [0.3, 0.4) is 0 Å². The summed E-state index contributed by atoms with van der Waals surface area (Å²) in [7, 11) is 0. The molecule has 0 bridgehead atoms. The fourth-order valence-corrected chi connectivity index (χ4v) is 1.72. The summed E-state index contributed by atoms with van der Waals surface area (Å²) in [5, 5.41) is 12.2. The average molecular weight is 257 g/mol. The molecule has 0 unspecified atom stereocenters. The summed E-state index contributed by atoms with van der Waals surface area (Å²) in [6.45, 7) is 2.56. The highest BCUT2D eigenvalue weighted by Crippen LogP contribution is 2.11. The number of aromatic carboxylic acids is 1. The Hall–Kier alpha value is -2.27. The summed E-state index contributed by atoms with van der Waals surface area (Å²) in [5.41, 5.74) is 1.90. The fraction of sp³-hybridized carbons (Fsp3) is 0.214. The van der Waals surface area contributed by atoms with Crippen molar-refractivity contribution < 1.29 is 9.90 Å². The first kappa shape index (κ1) is 13.2. The number of aromatic nitrogens is 2. The van der Waals surface area contributed by atoms with Crippen molar-refractivity contribution in [3.63, 3.8) is 0 Å². The van der Waals surface area contributed by atoms with Crippen LogP contribution < -0.4 is 5.32 Å². The van der Waals surface area contributed by atoms with Crippen molar-refractivity contribution in [2.75, 3.05) is 0 Å². The molecule has 0 aliphatic rings. The van der Waals surface area contributed by atoms with Gasteiger partial charge in [0.1, 0.15) is 5.69 Å². The number of carboxylic acid groups (broad SMARTS) is 1. The second-order valence-electron chi connectivity index (χ2n) is 4.20. The smallest absolute Gasteiger partial charge is 0.354 e. The molecule has 2 N–H and O–H groups in total. The maximum absolute atomic E-state index is 10.8. The molecule has 0 fully saturated rings. The van der Waals surface area contributed by atoms with E-state index in [1.807, 2.05) is 19.1 Å². The molecule has 0 saturated heterocycles. The zero-order valence-electron chi connectivity index (χ0n) is 10.6. The van der Waals surface area contributed by atoms with Crippen LogP contribution in [0.5, 0.6) is 0 Å². The van der Waals surface area contributed by atoms with Crippen LogP contribution in [0.4, 0.5) is 0 Å². The molecule has 0 radical (unpaired) electrons. The number of nitrogens with zero attached hydrogens (tertiary/aromatic N) is 2. The van der Waals surface area contributed by atoms with Crippen molar-refractivity contribution in [3.8, 4) is 0 Å². The zero-order valence-corrected chi connectivity index (χ0v) is 10.6. The summed E-state index contributed by atoms with van der Waals surface area (Å²) in [5.74, 6) is -1.01. The quantitative estimate of drug-likeness (QED) is 0.857. The number of rotatable bonds is 5. The van der Waals surface area contributed by atoms with E-state index in [9.17, 15) is 4.79 Å². The van der Waals surface area contributed by atoms with Gasteiger partial charge in [-0.2, -0.15) is 0 Å². The van der Waals surface area contributed by atoms with Gasteiger partial charge in [0, 0.05) is 25.0 Å². The molecule has 0 aromatic carbocycles. The van der Waals surface area contributed by atoms with Crippen molar-refractivity contribution in [2.45, 2.75) is 19.5 Å². The molecule has 0 spiro atoms.